The molecule has 1 aromatic carbocycles. The van der Waals surface area contributed by atoms with E-state index in [0.717, 1.165) is 5.56 Å². The van der Waals surface area contributed by atoms with Crippen molar-refractivity contribution < 1.29 is 19.1 Å². The highest BCUT2D eigenvalue weighted by molar-refractivity contribution is 5.90. The second kappa shape index (κ2) is 9.39. The Morgan fingerprint density at radius 1 is 1.21 bits per heavy atom. The summed E-state index contributed by atoms with van der Waals surface area (Å²) in [5, 5.41) is 2.91. The summed E-state index contributed by atoms with van der Waals surface area (Å²) < 4.78 is 5.64. The zero-order valence-electron chi connectivity index (χ0n) is 17.5. The van der Waals surface area contributed by atoms with Crippen molar-refractivity contribution in [3.8, 4) is 0 Å². The van der Waals surface area contributed by atoms with Crippen LogP contribution in [0.1, 0.15) is 39.2 Å². The van der Waals surface area contributed by atoms with Gasteiger partial charge in [0.25, 0.3) is 0 Å². The van der Waals surface area contributed by atoms with Gasteiger partial charge in [0.2, 0.25) is 17.7 Å². The third-order valence-corrected chi connectivity index (χ3v) is 5.53. The van der Waals surface area contributed by atoms with Crippen molar-refractivity contribution in [2.45, 2.75) is 58.3 Å². The van der Waals surface area contributed by atoms with E-state index in [1.807, 2.05) is 35.2 Å². The van der Waals surface area contributed by atoms with E-state index in [2.05, 4.69) is 19.2 Å². The highest BCUT2D eigenvalue weighted by Crippen LogP contribution is 2.29. The third kappa shape index (κ3) is 5.35. The quantitative estimate of drug-likeness (QED) is 0.752. The molecule has 29 heavy (non-hydrogen) atoms. The second-order valence-corrected chi connectivity index (χ2v) is 8.45. The first-order chi connectivity index (χ1) is 13.8. The summed E-state index contributed by atoms with van der Waals surface area (Å²) in [4.78, 5) is 41.1. The molecule has 2 fully saturated rings. The van der Waals surface area contributed by atoms with Crippen LogP contribution in [-0.2, 0) is 25.7 Å². The molecule has 2 heterocycles. The summed E-state index contributed by atoms with van der Waals surface area (Å²) in [7, 11) is 0. The largest absolute Gasteiger partial charge is 0.367 e. The lowest BCUT2D eigenvalue weighted by atomic mass is 9.97. The number of hydrogen-bond donors (Lipinski definition) is 1. The molecule has 2 aliphatic heterocycles. The summed E-state index contributed by atoms with van der Waals surface area (Å²) in [5.74, 6) is 0.0276. The molecule has 3 unspecified atom stereocenters. The molecule has 7 nitrogen and oxygen atoms in total. The van der Waals surface area contributed by atoms with Gasteiger partial charge in [-0.3, -0.25) is 14.4 Å². The Hall–Kier alpha value is -2.41. The van der Waals surface area contributed by atoms with Crippen molar-refractivity contribution in [1.82, 2.24) is 15.1 Å². The lowest BCUT2D eigenvalue weighted by Crippen LogP contribution is -2.62. The Morgan fingerprint density at radius 2 is 1.93 bits per heavy atom. The molecule has 0 aromatic heterocycles. The Balaban J connectivity index is 1.65. The fourth-order valence-electron chi connectivity index (χ4n) is 4.29. The molecule has 3 amide bonds. The van der Waals surface area contributed by atoms with Gasteiger partial charge < -0.3 is 19.9 Å². The van der Waals surface area contributed by atoms with Gasteiger partial charge in [0.1, 0.15) is 12.6 Å². The smallest absolute Gasteiger partial charge is 0.249 e. The molecule has 2 aliphatic rings. The number of hydrogen-bond acceptors (Lipinski definition) is 4. The highest BCUT2D eigenvalue weighted by Gasteiger charge is 2.46. The number of amides is 3. The van der Waals surface area contributed by atoms with Gasteiger partial charge >= 0.3 is 0 Å². The van der Waals surface area contributed by atoms with E-state index in [4.69, 9.17) is 4.74 Å². The van der Waals surface area contributed by atoms with Crippen LogP contribution in [0.3, 0.4) is 0 Å². The molecular weight excluding hydrogens is 370 g/mol. The minimum Gasteiger partial charge on any atom is -0.367 e. The van der Waals surface area contributed by atoms with Crippen molar-refractivity contribution in [3.63, 3.8) is 0 Å². The fraction of sp³-hybridized carbons (Fsp3) is 0.591. The Bertz CT molecular complexity index is 737. The average Bonchev–Trinajstić information content (AvgIpc) is 3.06. The number of fused-ring (bicyclic) bond motifs is 1. The van der Waals surface area contributed by atoms with Crippen LogP contribution in [0, 0.1) is 5.92 Å². The molecular formula is C22H31N3O4. The molecule has 0 radical (unpaired) electrons. The van der Waals surface area contributed by atoms with Gasteiger partial charge in [0.05, 0.1) is 12.6 Å². The van der Waals surface area contributed by atoms with Crippen LogP contribution in [0.25, 0.3) is 0 Å². The predicted octanol–water partition coefficient (Wildman–Crippen LogP) is 1.57. The number of rotatable bonds is 7. The van der Waals surface area contributed by atoms with Crippen molar-refractivity contribution >= 4 is 17.7 Å². The number of benzene rings is 1. The van der Waals surface area contributed by atoms with Crippen molar-refractivity contribution in [1.29, 1.82) is 0 Å². The van der Waals surface area contributed by atoms with Gasteiger partial charge in [-0.15, -0.1) is 0 Å². The van der Waals surface area contributed by atoms with E-state index in [1.165, 1.54) is 6.92 Å². The van der Waals surface area contributed by atoms with E-state index >= 15 is 0 Å². The number of carbonyl (C=O) groups is 3. The van der Waals surface area contributed by atoms with Gasteiger partial charge in [-0.1, -0.05) is 44.2 Å². The van der Waals surface area contributed by atoms with Crippen LogP contribution in [0.4, 0.5) is 0 Å². The Kier molecular flexibility index (Phi) is 6.90. The normalized spacial score (nSPS) is 24.0. The van der Waals surface area contributed by atoms with E-state index in [1.54, 1.807) is 4.90 Å². The van der Waals surface area contributed by atoms with Crippen LogP contribution < -0.4 is 5.32 Å². The number of ether oxygens (including phenoxy) is 1. The van der Waals surface area contributed by atoms with Gasteiger partial charge in [-0.05, 0) is 24.3 Å². The maximum atomic E-state index is 13.2. The van der Waals surface area contributed by atoms with Crippen LogP contribution in [0.5, 0.6) is 0 Å². The number of carbonyl (C=O) groups excluding carboxylic acids is 3. The molecule has 7 heteroatoms. The zero-order valence-corrected chi connectivity index (χ0v) is 17.5. The van der Waals surface area contributed by atoms with Gasteiger partial charge in [-0.25, -0.2) is 0 Å². The SMILES string of the molecule is CC(=O)NC1CC2CN(C(=O)COCc3ccccc3)C(CC(C)C)C(=O)N2C1. The zero-order chi connectivity index (χ0) is 21.0. The molecule has 1 N–H and O–H groups in total. The minimum atomic E-state index is -0.463. The minimum absolute atomic E-state index is 0.0146. The fourth-order valence-corrected chi connectivity index (χ4v) is 4.29. The molecule has 2 saturated heterocycles. The van der Waals surface area contributed by atoms with Crippen LogP contribution in [0.15, 0.2) is 30.3 Å². The van der Waals surface area contributed by atoms with Crippen LogP contribution >= 0.6 is 0 Å². The monoisotopic (exact) mass is 401 g/mol. The molecule has 3 atom stereocenters. The maximum absolute atomic E-state index is 13.2. The number of piperazine rings is 1. The van der Waals surface area contributed by atoms with Gasteiger partial charge in [-0.2, -0.15) is 0 Å². The first kappa shape index (κ1) is 21.3. The van der Waals surface area contributed by atoms with E-state index < -0.39 is 6.04 Å². The number of nitrogens with one attached hydrogen (secondary N) is 1. The molecule has 0 bridgehead atoms. The number of nitrogens with zero attached hydrogens (tertiary/aromatic N) is 2. The summed E-state index contributed by atoms with van der Waals surface area (Å²) in [5.41, 5.74) is 1.01. The van der Waals surface area contributed by atoms with Gasteiger partial charge in [0.15, 0.2) is 0 Å². The lowest BCUT2D eigenvalue weighted by molar-refractivity contribution is -0.156. The van der Waals surface area contributed by atoms with Crippen molar-refractivity contribution in [2.24, 2.45) is 5.92 Å². The van der Waals surface area contributed by atoms with E-state index in [9.17, 15) is 14.4 Å². The maximum Gasteiger partial charge on any atom is 0.249 e. The summed E-state index contributed by atoms with van der Waals surface area (Å²) in [6.45, 7) is 6.93. The Labute approximate surface area is 172 Å². The standard InChI is InChI=1S/C22H31N3O4/c1-15(2)9-20-22(28)24-11-18(23-16(3)26)10-19(24)12-25(20)21(27)14-29-13-17-7-5-4-6-8-17/h4-8,15,18-20H,9-14H2,1-3H3,(H,23,26). The summed E-state index contributed by atoms with van der Waals surface area (Å²) in [6, 6.07) is 9.14. The van der Waals surface area contributed by atoms with Crippen LogP contribution in [0.2, 0.25) is 0 Å². The first-order valence-electron chi connectivity index (χ1n) is 10.3. The second-order valence-electron chi connectivity index (χ2n) is 8.45. The van der Waals surface area contributed by atoms with E-state index in [-0.39, 0.29) is 42.3 Å². The highest BCUT2D eigenvalue weighted by atomic mass is 16.5. The molecule has 0 spiro atoms. The molecule has 0 saturated carbocycles. The first-order valence-corrected chi connectivity index (χ1v) is 10.3. The summed E-state index contributed by atoms with van der Waals surface area (Å²) >= 11 is 0. The van der Waals surface area contributed by atoms with Crippen LogP contribution in [-0.4, -0.2) is 65.3 Å². The lowest BCUT2D eigenvalue weighted by Gasteiger charge is -2.43. The molecule has 0 aliphatic carbocycles. The van der Waals surface area contributed by atoms with Gasteiger partial charge in [0, 0.05) is 26.1 Å². The molecule has 158 valence electrons. The van der Waals surface area contributed by atoms with E-state index in [0.29, 0.717) is 32.5 Å². The Morgan fingerprint density at radius 3 is 2.59 bits per heavy atom. The van der Waals surface area contributed by atoms with Crippen molar-refractivity contribution in [2.75, 3.05) is 19.7 Å². The predicted molar refractivity (Wildman–Crippen MR) is 109 cm³/mol. The van der Waals surface area contributed by atoms with Crippen molar-refractivity contribution in [3.05, 3.63) is 35.9 Å². The summed E-state index contributed by atoms with van der Waals surface area (Å²) in [6.07, 6.45) is 1.30. The topological polar surface area (TPSA) is 79.0 Å². The molecule has 1 aromatic rings. The average molecular weight is 402 g/mol. The third-order valence-electron chi connectivity index (χ3n) is 5.53. The molecule has 3 rings (SSSR count).